The van der Waals surface area contributed by atoms with Crippen molar-refractivity contribution in [3.8, 4) is 0 Å². The summed E-state index contributed by atoms with van der Waals surface area (Å²) in [7, 11) is 1.90. The fraction of sp³-hybridized carbons (Fsp3) is 0.462. The quantitative estimate of drug-likeness (QED) is 0.752. The minimum Gasteiger partial charge on any atom is -0.399 e. The van der Waals surface area contributed by atoms with Crippen molar-refractivity contribution in [3.63, 3.8) is 0 Å². The summed E-state index contributed by atoms with van der Waals surface area (Å²) in [6.45, 7) is 1.21. The van der Waals surface area contributed by atoms with Crippen molar-refractivity contribution in [2.75, 3.05) is 30.8 Å². The second-order valence-electron chi connectivity index (χ2n) is 4.70. The van der Waals surface area contributed by atoms with Crippen LogP contribution < -0.4 is 16.0 Å². The summed E-state index contributed by atoms with van der Waals surface area (Å²) < 4.78 is 0. The van der Waals surface area contributed by atoms with E-state index in [2.05, 4.69) is 5.32 Å². The van der Waals surface area contributed by atoms with Gasteiger partial charge in [-0.1, -0.05) is 0 Å². The molecule has 0 atom stereocenters. The van der Waals surface area contributed by atoms with Crippen LogP contribution in [-0.4, -0.2) is 26.0 Å². The average molecular weight is 233 g/mol. The zero-order chi connectivity index (χ0) is 12.3. The Bertz CT molecular complexity index is 384. The largest absolute Gasteiger partial charge is 0.399 e. The summed E-state index contributed by atoms with van der Waals surface area (Å²) in [5.74, 6) is 0.803. The summed E-state index contributed by atoms with van der Waals surface area (Å²) in [4.78, 5) is 13.6. The first-order valence-corrected chi connectivity index (χ1v) is 5.98. The zero-order valence-corrected chi connectivity index (χ0v) is 10.1. The Labute approximate surface area is 102 Å². The molecule has 0 bridgehead atoms. The van der Waals surface area contributed by atoms with E-state index >= 15 is 0 Å². The predicted octanol–water partition coefficient (Wildman–Crippen LogP) is 1.23. The normalized spacial score (nSPS) is 14.4. The molecule has 4 heteroatoms. The maximum absolute atomic E-state index is 11.6. The Hall–Kier alpha value is -1.71. The SMILES string of the molecule is CN(CC(=O)NCC1CC1)c1ccc(N)cc1. The van der Waals surface area contributed by atoms with Gasteiger partial charge in [0.25, 0.3) is 0 Å². The van der Waals surface area contributed by atoms with Gasteiger partial charge in [-0.2, -0.15) is 0 Å². The third-order valence-corrected chi connectivity index (χ3v) is 3.00. The van der Waals surface area contributed by atoms with Gasteiger partial charge >= 0.3 is 0 Å². The van der Waals surface area contributed by atoms with E-state index in [0.717, 1.165) is 23.8 Å². The second-order valence-corrected chi connectivity index (χ2v) is 4.70. The maximum Gasteiger partial charge on any atom is 0.239 e. The zero-order valence-electron chi connectivity index (χ0n) is 10.1. The number of hydrogen-bond donors (Lipinski definition) is 2. The molecule has 1 fully saturated rings. The van der Waals surface area contributed by atoms with Crippen LogP contribution in [-0.2, 0) is 4.79 Å². The maximum atomic E-state index is 11.6. The fourth-order valence-electron chi connectivity index (χ4n) is 1.67. The van der Waals surface area contributed by atoms with Gasteiger partial charge in [0.2, 0.25) is 5.91 Å². The van der Waals surface area contributed by atoms with E-state index < -0.39 is 0 Å². The fourth-order valence-corrected chi connectivity index (χ4v) is 1.67. The number of carbonyl (C=O) groups excluding carboxylic acids is 1. The molecule has 0 radical (unpaired) electrons. The third kappa shape index (κ3) is 3.66. The highest BCUT2D eigenvalue weighted by atomic mass is 16.2. The topological polar surface area (TPSA) is 58.4 Å². The molecule has 0 unspecified atom stereocenters. The Kier molecular flexibility index (Phi) is 3.52. The highest BCUT2D eigenvalue weighted by Gasteiger charge is 2.21. The molecular formula is C13H19N3O. The summed E-state index contributed by atoms with van der Waals surface area (Å²) in [6, 6.07) is 7.52. The van der Waals surface area contributed by atoms with Crippen LogP contribution in [0.4, 0.5) is 11.4 Å². The van der Waals surface area contributed by atoms with Crippen LogP contribution in [0.3, 0.4) is 0 Å². The number of nitrogens with zero attached hydrogens (tertiary/aromatic N) is 1. The van der Waals surface area contributed by atoms with Gasteiger partial charge in [-0.25, -0.2) is 0 Å². The molecule has 17 heavy (non-hydrogen) atoms. The Balaban J connectivity index is 1.80. The highest BCUT2D eigenvalue weighted by molar-refractivity contribution is 5.81. The van der Waals surface area contributed by atoms with Crippen molar-refractivity contribution in [2.45, 2.75) is 12.8 Å². The lowest BCUT2D eigenvalue weighted by Gasteiger charge is -2.18. The van der Waals surface area contributed by atoms with Gasteiger partial charge in [-0.05, 0) is 43.0 Å². The Morgan fingerprint density at radius 2 is 2.06 bits per heavy atom. The van der Waals surface area contributed by atoms with E-state index in [0.29, 0.717) is 6.54 Å². The number of likely N-dealkylation sites (N-methyl/N-ethyl adjacent to an activating group) is 1. The first-order valence-electron chi connectivity index (χ1n) is 5.98. The Morgan fingerprint density at radius 1 is 1.41 bits per heavy atom. The molecule has 1 aliphatic rings. The van der Waals surface area contributed by atoms with Gasteiger partial charge in [-0.3, -0.25) is 4.79 Å². The number of rotatable bonds is 5. The van der Waals surface area contributed by atoms with Crippen LogP contribution in [0.1, 0.15) is 12.8 Å². The van der Waals surface area contributed by atoms with Gasteiger partial charge in [-0.15, -0.1) is 0 Å². The summed E-state index contributed by atoms with van der Waals surface area (Å²) >= 11 is 0. The number of nitrogens with two attached hydrogens (primary N) is 1. The molecule has 1 amide bonds. The monoisotopic (exact) mass is 233 g/mol. The van der Waals surface area contributed by atoms with Gasteiger partial charge in [0, 0.05) is 25.0 Å². The van der Waals surface area contributed by atoms with E-state index in [1.54, 1.807) is 0 Å². The van der Waals surface area contributed by atoms with Crippen LogP contribution in [0.2, 0.25) is 0 Å². The van der Waals surface area contributed by atoms with Crippen LogP contribution >= 0.6 is 0 Å². The highest BCUT2D eigenvalue weighted by Crippen LogP contribution is 2.27. The molecule has 1 aliphatic carbocycles. The van der Waals surface area contributed by atoms with Crippen molar-refractivity contribution in [2.24, 2.45) is 5.92 Å². The molecule has 0 heterocycles. The number of benzene rings is 1. The number of carbonyl (C=O) groups is 1. The number of nitrogens with one attached hydrogen (secondary N) is 1. The van der Waals surface area contributed by atoms with Gasteiger partial charge in [0.15, 0.2) is 0 Å². The minimum absolute atomic E-state index is 0.0798. The molecule has 3 N–H and O–H groups in total. The third-order valence-electron chi connectivity index (χ3n) is 3.00. The summed E-state index contributed by atoms with van der Waals surface area (Å²) in [5, 5.41) is 2.95. The molecule has 0 saturated heterocycles. The van der Waals surface area contributed by atoms with E-state index in [4.69, 9.17) is 5.73 Å². The van der Waals surface area contributed by atoms with Gasteiger partial charge in [0.1, 0.15) is 0 Å². The molecule has 0 spiro atoms. The van der Waals surface area contributed by atoms with E-state index in [9.17, 15) is 4.79 Å². The molecule has 92 valence electrons. The van der Waals surface area contributed by atoms with Gasteiger partial charge < -0.3 is 16.0 Å². The average Bonchev–Trinajstić information content (AvgIpc) is 3.11. The van der Waals surface area contributed by atoms with Crippen LogP contribution in [0.25, 0.3) is 0 Å². The number of amides is 1. The van der Waals surface area contributed by atoms with Crippen LogP contribution in [0, 0.1) is 5.92 Å². The molecule has 1 aromatic rings. The van der Waals surface area contributed by atoms with Crippen molar-refractivity contribution in [1.82, 2.24) is 5.32 Å². The Morgan fingerprint density at radius 3 is 2.65 bits per heavy atom. The van der Waals surface area contributed by atoms with Crippen molar-refractivity contribution in [3.05, 3.63) is 24.3 Å². The van der Waals surface area contributed by atoms with Crippen molar-refractivity contribution in [1.29, 1.82) is 0 Å². The van der Waals surface area contributed by atoms with Gasteiger partial charge in [0.05, 0.1) is 6.54 Å². The smallest absolute Gasteiger partial charge is 0.239 e. The van der Waals surface area contributed by atoms with E-state index in [-0.39, 0.29) is 5.91 Å². The molecule has 1 aromatic carbocycles. The number of hydrogen-bond acceptors (Lipinski definition) is 3. The van der Waals surface area contributed by atoms with Crippen molar-refractivity contribution >= 4 is 17.3 Å². The lowest BCUT2D eigenvalue weighted by atomic mass is 10.2. The summed E-state index contributed by atoms with van der Waals surface area (Å²) in [6.07, 6.45) is 2.52. The van der Waals surface area contributed by atoms with E-state index in [1.165, 1.54) is 12.8 Å². The number of nitrogen functional groups attached to an aromatic ring is 1. The minimum atomic E-state index is 0.0798. The standard InChI is InChI=1S/C13H19N3O/c1-16(12-6-4-11(14)5-7-12)9-13(17)15-8-10-2-3-10/h4-7,10H,2-3,8-9,14H2,1H3,(H,15,17). The second kappa shape index (κ2) is 5.08. The lowest BCUT2D eigenvalue weighted by Crippen LogP contribution is -2.36. The first-order chi connectivity index (χ1) is 8.15. The molecule has 0 aromatic heterocycles. The van der Waals surface area contributed by atoms with Crippen LogP contribution in [0.15, 0.2) is 24.3 Å². The predicted molar refractivity (Wildman–Crippen MR) is 69.9 cm³/mol. The molecular weight excluding hydrogens is 214 g/mol. The number of anilines is 2. The van der Waals surface area contributed by atoms with E-state index in [1.807, 2.05) is 36.2 Å². The molecule has 4 nitrogen and oxygen atoms in total. The lowest BCUT2D eigenvalue weighted by molar-refractivity contribution is -0.119. The molecule has 2 rings (SSSR count). The molecule has 1 saturated carbocycles. The molecule has 0 aliphatic heterocycles. The summed E-state index contributed by atoms with van der Waals surface area (Å²) in [5.41, 5.74) is 7.36. The van der Waals surface area contributed by atoms with Crippen molar-refractivity contribution < 1.29 is 4.79 Å². The first kappa shape index (κ1) is 11.8. The van der Waals surface area contributed by atoms with Crippen LogP contribution in [0.5, 0.6) is 0 Å².